The maximum absolute atomic E-state index is 9.06. The number of rotatable bonds is 1. The molecule has 1 atom stereocenters. The van der Waals surface area contributed by atoms with Gasteiger partial charge in [0, 0.05) is 0 Å². The van der Waals surface area contributed by atoms with Crippen molar-refractivity contribution in [3.05, 3.63) is 0 Å². The highest BCUT2D eigenvalue weighted by atomic mass is 16.5. The Labute approximate surface area is 86.6 Å². The Hall–Kier alpha value is -0.0800. The molecule has 1 saturated heterocycles. The molecule has 0 aromatic rings. The Bertz CT molecular complexity index is 200. The van der Waals surface area contributed by atoms with Crippen molar-refractivity contribution in [2.45, 2.75) is 64.1 Å². The van der Waals surface area contributed by atoms with Gasteiger partial charge >= 0.3 is 0 Å². The summed E-state index contributed by atoms with van der Waals surface area (Å²) in [5.74, 6) is 0. The van der Waals surface area contributed by atoms with Crippen LogP contribution >= 0.6 is 0 Å². The maximum atomic E-state index is 9.06. The van der Waals surface area contributed by atoms with Gasteiger partial charge < -0.3 is 9.84 Å². The second kappa shape index (κ2) is 3.49. The van der Waals surface area contributed by atoms with E-state index in [9.17, 15) is 0 Å². The molecule has 0 aromatic carbocycles. The zero-order valence-electron chi connectivity index (χ0n) is 9.38. The number of aliphatic hydroxyl groups excluding tert-OH is 1. The summed E-state index contributed by atoms with van der Waals surface area (Å²) in [4.78, 5) is 0. The molecule has 1 N–H and O–H groups in total. The Kier molecular flexibility index (Phi) is 2.61. The van der Waals surface area contributed by atoms with Crippen molar-refractivity contribution in [1.82, 2.24) is 0 Å². The molecular formula is C12H22O2. The van der Waals surface area contributed by atoms with Gasteiger partial charge in [-0.15, -0.1) is 0 Å². The fourth-order valence-corrected chi connectivity index (χ4v) is 2.77. The van der Waals surface area contributed by atoms with Gasteiger partial charge in [0.1, 0.15) is 0 Å². The Morgan fingerprint density at radius 3 is 2.29 bits per heavy atom. The molecule has 0 aromatic heterocycles. The Balaban J connectivity index is 1.94. The molecule has 1 aliphatic carbocycles. The molecule has 1 spiro atoms. The highest BCUT2D eigenvalue weighted by Crippen LogP contribution is 2.47. The lowest BCUT2D eigenvalue weighted by atomic mass is 9.70. The second-order valence-electron chi connectivity index (χ2n) is 5.81. The minimum Gasteiger partial charge on any atom is -0.394 e. The van der Waals surface area contributed by atoms with E-state index in [1.807, 2.05) is 0 Å². The fourth-order valence-electron chi connectivity index (χ4n) is 2.77. The van der Waals surface area contributed by atoms with Gasteiger partial charge in [-0.3, -0.25) is 0 Å². The van der Waals surface area contributed by atoms with E-state index in [0.717, 1.165) is 12.8 Å². The minimum atomic E-state index is 0.121. The smallest absolute Gasteiger partial charge is 0.0814 e. The van der Waals surface area contributed by atoms with Crippen LogP contribution in [0, 0.1) is 5.41 Å². The monoisotopic (exact) mass is 198 g/mol. The van der Waals surface area contributed by atoms with Crippen LogP contribution in [0.2, 0.25) is 0 Å². The normalized spacial score (nSPS) is 34.9. The summed E-state index contributed by atoms with van der Waals surface area (Å²) >= 11 is 0. The summed E-state index contributed by atoms with van der Waals surface area (Å²) in [7, 11) is 0. The standard InChI is InChI=1S/C12H22O2/c1-11(2)5-7-12(8-6-11)4-3-10(9-13)14-12/h10,13H,3-9H2,1-2H3/t10-/m1/s1. The summed E-state index contributed by atoms with van der Waals surface area (Å²) in [5.41, 5.74) is 0.648. The first-order valence-corrected chi connectivity index (χ1v) is 5.84. The highest BCUT2D eigenvalue weighted by molar-refractivity contribution is 4.95. The summed E-state index contributed by atoms with van der Waals surface area (Å²) in [6.07, 6.45) is 7.25. The molecule has 0 unspecified atom stereocenters. The zero-order chi connectivity index (χ0) is 10.2. The lowest BCUT2D eigenvalue weighted by molar-refractivity contribution is -0.0923. The SMILES string of the molecule is CC1(C)CCC2(CC[C@H](CO)O2)CC1. The van der Waals surface area contributed by atoms with Gasteiger partial charge in [0.15, 0.2) is 0 Å². The van der Waals surface area contributed by atoms with Crippen LogP contribution in [0.25, 0.3) is 0 Å². The summed E-state index contributed by atoms with van der Waals surface area (Å²) in [5, 5.41) is 9.06. The average molecular weight is 198 g/mol. The average Bonchev–Trinajstić information content (AvgIpc) is 2.56. The minimum absolute atomic E-state index is 0.121. The van der Waals surface area contributed by atoms with Crippen LogP contribution in [0.3, 0.4) is 0 Å². The van der Waals surface area contributed by atoms with Gasteiger partial charge in [-0.2, -0.15) is 0 Å². The molecule has 1 saturated carbocycles. The molecule has 0 radical (unpaired) electrons. The second-order valence-corrected chi connectivity index (χ2v) is 5.81. The molecule has 2 aliphatic rings. The van der Waals surface area contributed by atoms with Crippen molar-refractivity contribution in [1.29, 1.82) is 0 Å². The Morgan fingerprint density at radius 1 is 1.14 bits per heavy atom. The third-order valence-corrected chi connectivity index (χ3v) is 4.06. The van der Waals surface area contributed by atoms with Gasteiger partial charge in [-0.05, 0) is 43.9 Å². The molecule has 82 valence electrons. The zero-order valence-corrected chi connectivity index (χ0v) is 9.38. The summed E-state index contributed by atoms with van der Waals surface area (Å²) in [6, 6.07) is 0. The van der Waals surface area contributed by atoms with E-state index >= 15 is 0 Å². The van der Waals surface area contributed by atoms with Gasteiger partial charge in [-0.1, -0.05) is 13.8 Å². The third kappa shape index (κ3) is 1.96. The van der Waals surface area contributed by atoms with Crippen molar-refractivity contribution in [3.8, 4) is 0 Å². The van der Waals surface area contributed by atoms with Crippen molar-refractivity contribution >= 4 is 0 Å². The topological polar surface area (TPSA) is 29.5 Å². The van der Waals surface area contributed by atoms with Gasteiger partial charge in [0.05, 0.1) is 18.3 Å². The van der Waals surface area contributed by atoms with E-state index in [4.69, 9.17) is 9.84 Å². The van der Waals surface area contributed by atoms with Crippen LogP contribution in [0.15, 0.2) is 0 Å². The molecule has 1 heterocycles. The molecule has 0 bridgehead atoms. The summed E-state index contributed by atoms with van der Waals surface area (Å²) in [6.45, 7) is 4.89. The van der Waals surface area contributed by atoms with Gasteiger partial charge in [-0.25, -0.2) is 0 Å². The van der Waals surface area contributed by atoms with Crippen molar-refractivity contribution in [3.63, 3.8) is 0 Å². The van der Waals surface area contributed by atoms with E-state index < -0.39 is 0 Å². The lowest BCUT2D eigenvalue weighted by Gasteiger charge is -2.41. The quantitative estimate of drug-likeness (QED) is 0.701. The van der Waals surface area contributed by atoms with Crippen LogP contribution in [0.1, 0.15) is 52.4 Å². The van der Waals surface area contributed by atoms with E-state index in [1.165, 1.54) is 25.7 Å². The molecule has 2 nitrogen and oxygen atoms in total. The van der Waals surface area contributed by atoms with E-state index in [-0.39, 0.29) is 18.3 Å². The predicted molar refractivity (Wildman–Crippen MR) is 56.2 cm³/mol. The van der Waals surface area contributed by atoms with Crippen LogP contribution in [-0.4, -0.2) is 23.4 Å². The number of aliphatic hydroxyl groups is 1. The number of hydrogen-bond acceptors (Lipinski definition) is 2. The van der Waals surface area contributed by atoms with Crippen molar-refractivity contribution in [2.75, 3.05) is 6.61 Å². The molecule has 2 rings (SSSR count). The van der Waals surface area contributed by atoms with Crippen LogP contribution in [0.4, 0.5) is 0 Å². The molecule has 1 aliphatic heterocycles. The third-order valence-electron chi connectivity index (χ3n) is 4.06. The molecule has 14 heavy (non-hydrogen) atoms. The van der Waals surface area contributed by atoms with Crippen molar-refractivity contribution < 1.29 is 9.84 Å². The van der Waals surface area contributed by atoms with E-state index in [2.05, 4.69) is 13.8 Å². The van der Waals surface area contributed by atoms with Gasteiger partial charge in [0.25, 0.3) is 0 Å². The van der Waals surface area contributed by atoms with E-state index in [1.54, 1.807) is 0 Å². The highest BCUT2D eigenvalue weighted by Gasteiger charge is 2.44. The van der Waals surface area contributed by atoms with E-state index in [0.29, 0.717) is 5.41 Å². The molecule has 0 amide bonds. The van der Waals surface area contributed by atoms with Crippen LogP contribution in [-0.2, 0) is 4.74 Å². The number of hydrogen-bond donors (Lipinski definition) is 1. The van der Waals surface area contributed by atoms with Gasteiger partial charge in [0.2, 0.25) is 0 Å². The first kappa shape index (κ1) is 10.4. The van der Waals surface area contributed by atoms with Crippen LogP contribution < -0.4 is 0 Å². The molecule has 2 fully saturated rings. The molecular weight excluding hydrogens is 176 g/mol. The maximum Gasteiger partial charge on any atom is 0.0814 e. The van der Waals surface area contributed by atoms with Crippen molar-refractivity contribution in [2.24, 2.45) is 5.41 Å². The Morgan fingerprint density at radius 2 is 1.79 bits per heavy atom. The lowest BCUT2D eigenvalue weighted by Crippen LogP contribution is -2.37. The first-order chi connectivity index (χ1) is 6.55. The summed E-state index contributed by atoms with van der Waals surface area (Å²) < 4.78 is 5.98. The number of ether oxygens (including phenoxy) is 1. The largest absolute Gasteiger partial charge is 0.394 e. The first-order valence-electron chi connectivity index (χ1n) is 5.84. The predicted octanol–water partition coefficient (Wildman–Crippen LogP) is 2.50. The van der Waals surface area contributed by atoms with Crippen LogP contribution in [0.5, 0.6) is 0 Å². The fraction of sp³-hybridized carbons (Fsp3) is 1.00. The molecule has 2 heteroatoms.